The zero-order valence-electron chi connectivity index (χ0n) is 24.8. The SMILES string of the molecule is CC(=O)N/C=C\C1=C(c2ccnc3c2cc(CN2CCC(c4c(C)cc(C(=O)N(C)C)cc4N)CC2)n3C)CCN1. The first-order valence-corrected chi connectivity index (χ1v) is 14.3. The summed E-state index contributed by atoms with van der Waals surface area (Å²) in [5.74, 6) is 0.283. The Labute approximate surface area is 242 Å². The Bertz CT molecular complexity index is 1520. The van der Waals surface area contributed by atoms with Crippen LogP contribution < -0.4 is 16.4 Å². The molecule has 0 radical (unpaired) electrons. The maximum Gasteiger partial charge on any atom is 0.253 e. The standard InChI is InChI=1S/C32H41N7O2/c1-20-16-23(32(41)37(3)4)17-28(33)30(20)22-9-14-39(15-10-22)19-24-18-27-25(6-12-36-31(27)38(24)5)26-7-11-35-29(26)8-13-34-21(2)40/h6,8,12-13,16-18,22,35H,7,9-11,14-15,19,33H2,1-5H3,(H,34,40)/b13-8-. The van der Waals surface area contributed by atoms with Crippen molar-refractivity contribution in [2.45, 2.75) is 45.6 Å². The fourth-order valence-corrected chi connectivity index (χ4v) is 6.31. The van der Waals surface area contributed by atoms with E-state index in [1.54, 1.807) is 25.2 Å². The molecule has 0 bridgehead atoms. The van der Waals surface area contributed by atoms with Crippen LogP contribution in [0.5, 0.6) is 0 Å². The van der Waals surface area contributed by atoms with Crippen molar-refractivity contribution in [2.75, 3.05) is 39.5 Å². The van der Waals surface area contributed by atoms with Gasteiger partial charge in [-0.25, -0.2) is 4.98 Å². The third-order valence-corrected chi connectivity index (χ3v) is 8.36. The number of nitrogens with one attached hydrogen (secondary N) is 2. The molecule has 4 heterocycles. The number of hydrogen-bond acceptors (Lipinski definition) is 6. The monoisotopic (exact) mass is 555 g/mol. The van der Waals surface area contributed by atoms with E-state index in [1.807, 2.05) is 24.4 Å². The summed E-state index contributed by atoms with van der Waals surface area (Å²) in [6.45, 7) is 7.27. The van der Waals surface area contributed by atoms with Gasteiger partial charge in [0.15, 0.2) is 0 Å². The minimum atomic E-state index is -0.0857. The molecule has 5 rings (SSSR count). The number of hydrogen-bond donors (Lipinski definition) is 3. The number of likely N-dealkylation sites (tertiary alicyclic amines) is 1. The third kappa shape index (κ3) is 5.86. The second kappa shape index (κ2) is 11.8. The van der Waals surface area contributed by atoms with E-state index in [0.29, 0.717) is 11.5 Å². The van der Waals surface area contributed by atoms with E-state index in [4.69, 9.17) is 10.7 Å². The normalized spacial score (nSPS) is 16.5. The van der Waals surface area contributed by atoms with Crippen LogP contribution in [0.1, 0.15) is 64.8 Å². The number of carbonyl (C=O) groups excluding carboxylic acids is 2. The number of fused-ring (bicyclic) bond motifs is 1. The zero-order chi connectivity index (χ0) is 29.3. The highest BCUT2D eigenvalue weighted by Gasteiger charge is 2.26. The molecule has 9 heteroatoms. The van der Waals surface area contributed by atoms with Gasteiger partial charge in [0.25, 0.3) is 5.91 Å². The molecule has 41 heavy (non-hydrogen) atoms. The van der Waals surface area contributed by atoms with E-state index in [2.05, 4.69) is 46.2 Å². The molecule has 0 saturated carbocycles. The van der Waals surface area contributed by atoms with E-state index < -0.39 is 0 Å². The number of nitrogens with two attached hydrogens (primary N) is 1. The number of benzene rings is 1. The first-order valence-electron chi connectivity index (χ1n) is 14.3. The number of pyridine rings is 1. The molecule has 4 N–H and O–H groups in total. The minimum Gasteiger partial charge on any atom is -0.398 e. The molecular weight excluding hydrogens is 514 g/mol. The smallest absolute Gasteiger partial charge is 0.253 e. The fourth-order valence-electron chi connectivity index (χ4n) is 6.31. The van der Waals surface area contributed by atoms with Crippen LogP contribution in [0.3, 0.4) is 0 Å². The van der Waals surface area contributed by atoms with E-state index >= 15 is 0 Å². The van der Waals surface area contributed by atoms with Crippen LogP contribution in [-0.4, -0.2) is 64.9 Å². The molecule has 0 aliphatic carbocycles. The van der Waals surface area contributed by atoms with Crippen LogP contribution in [0.15, 0.2) is 48.4 Å². The van der Waals surface area contributed by atoms with E-state index in [9.17, 15) is 9.59 Å². The molecular formula is C32H41N7O2. The van der Waals surface area contributed by atoms with Crippen molar-refractivity contribution >= 4 is 34.1 Å². The number of aryl methyl sites for hydroxylation is 2. The summed E-state index contributed by atoms with van der Waals surface area (Å²) >= 11 is 0. The fraction of sp³-hybridized carbons (Fsp3) is 0.406. The summed E-state index contributed by atoms with van der Waals surface area (Å²) in [5, 5.41) is 7.33. The molecule has 0 atom stereocenters. The molecule has 1 saturated heterocycles. The highest BCUT2D eigenvalue weighted by atomic mass is 16.2. The number of piperidine rings is 1. The van der Waals surface area contributed by atoms with Gasteiger partial charge in [0.1, 0.15) is 5.65 Å². The van der Waals surface area contributed by atoms with E-state index in [-0.39, 0.29) is 11.8 Å². The van der Waals surface area contributed by atoms with Gasteiger partial charge in [-0.1, -0.05) is 0 Å². The van der Waals surface area contributed by atoms with Crippen LogP contribution in [0.25, 0.3) is 16.6 Å². The van der Waals surface area contributed by atoms with Crippen LogP contribution >= 0.6 is 0 Å². The molecule has 2 aliphatic rings. The Morgan fingerprint density at radius 3 is 2.66 bits per heavy atom. The Kier molecular flexibility index (Phi) is 8.17. The van der Waals surface area contributed by atoms with Crippen molar-refractivity contribution in [1.82, 2.24) is 30.0 Å². The predicted octanol–water partition coefficient (Wildman–Crippen LogP) is 3.90. The quantitative estimate of drug-likeness (QED) is 0.382. The average Bonchev–Trinajstić information content (AvgIpc) is 3.52. The van der Waals surface area contributed by atoms with Gasteiger partial charge in [-0.05, 0) is 97.8 Å². The molecule has 2 amide bonds. The maximum absolute atomic E-state index is 12.5. The van der Waals surface area contributed by atoms with Crippen molar-refractivity contribution in [3.05, 3.63) is 76.4 Å². The van der Waals surface area contributed by atoms with Gasteiger partial charge >= 0.3 is 0 Å². The third-order valence-electron chi connectivity index (χ3n) is 8.36. The minimum absolute atomic E-state index is 0.0214. The summed E-state index contributed by atoms with van der Waals surface area (Å²) in [6, 6.07) is 8.20. The average molecular weight is 556 g/mol. The second-order valence-electron chi connectivity index (χ2n) is 11.4. The lowest BCUT2D eigenvalue weighted by molar-refractivity contribution is -0.118. The zero-order valence-corrected chi connectivity index (χ0v) is 24.8. The number of nitrogen functional groups attached to an aromatic ring is 1. The largest absolute Gasteiger partial charge is 0.398 e. The number of aromatic nitrogens is 2. The lowest BCUT2D eigenvalue weighted by atomic mass is 9.85. The molecule has 0 unspecified atom stereocenters. The first kappa shape index (κ1) is 28.4. The number of nitrogens with zero attached hydrogens (tertiary/aromatic N) is 4. The van der Waals surface area contributed by atoms with Gasteiger partial charge in [-0.2, -0.15) is 0 Å². The topological polar surface area (TPSA) is 109 Å². The summed E-state index contributed by atoms with van der Waals surface area (Å²) in [4.78, 5) is 32.6. The van der Waals surface area contributed by atoms with Gasteiger partial charge in [-0.15, -0.1) is 0 Å². The number of anilines is 1. The summed E-state index contributed by atoms with van der Waals surface area (Å²) in [5.41, 5.74) is 15.8. The first-order chi connectivity index (χ1) is 19.6. The van der Waals surface area contributed by atoms with Crippen molar-refractivity contribution < 1.29 is 9.59 Å². The second-order valence-corrected chi connectivity index (χ2v) is 11.4. The molecule has 216 valence electrons. The van der Waals surface area contributed by atoms with Crippen molar-refractivity contribution in [3.63, 3.8) is 0 Å². The Morgan fingerprint density at radius 2 is 1.98 bits per heavy atom. The van der Waals surface area contributed by atoms with Crippen molar-refractivity contribution in [2.24, 2.45) is 7.05 Å². The highest BCUT2D eigenvalue weighted by Crippen LogP contribution is 2.36. The molecule has 0 spiro atoms. The van der Waals surface area contributed by atoms with E-state index in [0.717, 1.165) is 73.4 Å². The molecule has 3 aromatic rings. The van der Waals surface area contributed by atoms with Crippen molar-refractivity contribution in [3.8, 4) is 0 Å². The molecule has 1 aromatic carbocycles. The lowest BCUT2D eigenvalue weighted by Gasteiger charge is -2.33. The number of carbonyl (C=O) groups is 2. The van der Waals surface area contributed by atoms with Gasteiger partial charge in [0.05, 0.1) is 0 Å². The maximum atomic E-state index is 12.5. The molecule has 1 fully saturated rings. The predicted molar refractivity (Wildman–Crippen MR) is 164 cm³/mol. The lowest BCUT2D eigenvalue weighted by Crippen LogP contribution is -2.33. The van der Waals surface area contributed by atoms with Gasteiger partial charge in [0.2, 0.25) is 5.91 Å². The Hall–Kier alpha value is -4.11. The van der Waals surface area contributed by atoms with Gasteiger partial charge in [-0.3, -0.25) is 14.5 Å². The van der Waals surface area contributed by atoms with Crippen LogP contribution in [0.4, 0.5) is 5.69 Å². The summed E-state index contributed by atoms with van der Waals surface area (Å²) in [6.07, 6.45) is 8.50. The number of rotatable bonds is 7. The van der Waals surface area contributed by atoms with Crippen LogP contribution in [-0.2, 0) is 18.4 Å². The summed E-state index contributed by atoms with van der Waals surface area (Å²) < 4.78 is 2.21. The van der Waals surface area contributed by atoms with Crippen molar-refractivity contribution in [1.29, 1.82) is 0 Å². The van der Waals surface area contributed by atoms with E-state index in [1.165, 1.54) is 29.3 Å². The number of amides is 2. The number of allylic oxidation sites excluding steroid dienone is 1. The Morgan fingerprint density at radius 1 is 1.22 bits per heavy atom. The molecule has 9 nitrogen and oxygen atoms in total. The highest BCUT2D eigenvalue weighted by molar-refractivity contribution is 5.95. The van der Waals surface area contributed by atoms with Crippen LogP contribution in [0.2, 0.25) is 0 Å². The van der Waals surface area contributed by atoms with Gasteiger partial charge < -0.3 is 25.8 Å². The Balaban J connectivity index is 1.32. The van der Waals surface area contributed by atoms with Gasteiger partial charge in [0, 0.05) is 81.6 Å². The molecule has 2 aromatic heterocycles. The van der Waals surface area contributed by atoms with Crippen LogP contribution in [0, 0.1) is 6.92 Å². The summed E-state index contributed by atoms with van der Waals surface area (Å²) in [7, 11) is 5.62. The molecule has 2 aliphatic heterocycles.